The third-order valence-corrected chi connectivity index (χ3v) is 6.57. The van der Waals surface area contributed by atoms with Crippen molar-refractivity contribution in [3.05, 3.63) is 76.2 Å². The molecule has 0 saturated heterocycles. The number of hydrogen-bond acceptors (Lipinski definition) is 6. The van der Waals surface area contributed by atoms with E-state index in [0.29, 0.717) is 16.0 Å². The zero-order valence-corrected chi connectivity index (χ0v) is 18.4. The fraction of sp³-hybridized carbons (Fsp3) is 0.143. The van der Waals surface area contributed by atoms with Gasteiger partial charge in [0.25, 0.3) is 0 Å². The highest BCUT2D eigenvalue weighted by Crippen LogP contribution is 2.28. The second-order valence-corrected chi connectivity index (χ2v) is 8.81. The van der Waals surface area contributed by atoms with E-state index in [2.05, 4.69) is 20.5 Å². The van der Waals surface area contributed by atoms with Crippen molar-refractivity contribution in [3.63, 3.8) is 0 Å². The average molecular weight is 456 g/mol. The van der Waals surface area contributed by atoms with E-state index < -0.39 is 0 Å². The van der Waals surface area contributed by atoms with Crippen LogP contribution in [0.15, 0.2) is 71.5 Å². The Bertz CT molecular complexity index is 1110. The minimum Gasteiger partial charge on any atom is -0.348 e. The Morgan fingerprint density at radius 2 is 1.93 bits per heavy atom. The van der Waals surface area contributed by atoms with Gasteiger partial charge in [-0.1, -0.05) is 29.4 Å². The van der Waals surface area contributed by atoms with E-state index in [4.69, 9.17) is 11.6 Å². The van der Waals surface area contributed by atoms with E-state index in [1.807, 2.05) is 65.4 Å². The normalized spacial score (nSPS) is 11.9. The van der Waals surface area contributed by atoms with Crippen molar-refractivity contribution in [1.82, 2.24) is 25.1 Å². The van der Waals surface area contributed by atoms with Crippen molar-refractivity contribution in [2.45, 2.75) is 18.1 Å². The number of carbonyl (C=O) groups is 1. The fourth-order valence-electron chi connectivity index (χ4n) is 2.90. The highest BCUT2D eigenvalue weighted by molar-refractivity contribution is 7.99. The van der Waals surface area contributed by atoms with Crippen LogP contribution in [0.2, 0.25) is 5.02 Å². The molecule has 0 unspecified atom stereocenters. The van der Waals surface area contributed by atoms with Gasteiger partial charge in [-0.05, 0) is 54.8 Å². The van der Waals surface area contributed by atoms with Crippen molar-refractivity contribution in [2.24, 2.45) is 0 Å². The number of thiophene rings is 1. The van der Waals surface area contributed by atoms with Crippen molar-refractivity contribution >= 4 is 40.6 Å². The van der Waals surface area contributed by atoms with E-state index in [1.54, 1.807) is 23.7 Å². The number of amides is 1. The van der Waals surface area contributed by atoms with Crippen LogP contribution in [0.1, 0.15) is 17.8 Å². The number of carbonyl (C=O) groups excluding carboxylic acids is 1. The van der Waals surface area contributed by atoms with Gasteiger partial charge in [0.1, 0.15) is 0 Å². The van der Waals surface area contributed by atoms with Crippen LogP contribution >= 0.6 is 34.7 Å². The maximum absolute atomic E-state index is 12.5. The number of nitrogens with one attached hydrogen (secondary N) is 1. The van der Waals surface area contributed by atoms with Crippen LogP contribution in [0.5, 0.6) is 0 Å². The van der Waals surface area contributed by atoms with Crippen LogP contribution in [0, 0.1) is 0 Å². The standard InChI is InChI=1S/C21H18ClN5OS2/c1-14(18-3-2-12-29-18)24-19(28)13-30-21-26-25-20(15-8-10-23-11-9-15)27(21)17-6-4-16(22)5-7-17/h2-12,14H,13H2,1H3,(H,24,28)/t14-/m0/s1. The molecule has 9 heteroatoms. The van der Waals surface area contributed by atoms with E-state index in [1.165, 1.54) is 11.8 Å². The van der Waals surface area contributed by atoms with Gasteiger partial charge in [0.05, 0.1) is 11.8 Å². The third kappa shape index (κ3) is 4.72. The topological polar surface area (TPSA) is 72.7 Å². The van der Waals surface area contributed by atoms with Crippen LogP contribution in [-0.2, 0) is 4.79 Å². The molecule has 0 aliphatic rings. The lowest BCUT2D eigenvalue weighted by Gasteiger charge is -2.13. The van der Waals surface area contributed by atoms with Crippen molar-refractivity contribution in [1.29, 1.82) is 0 Å². The molecule has 3 heterocycles. The molecular formula is C21H18ClN5OS2. The smallest absolute Gasteiger partial charge is 0.230 e. The summed E-state index contributed by atoms with van der Waals surface area (Å²) in [5.74, 6) is 0.851. The summed E-state index contributed by atoms with van der Waals surface area (Å²) < 4.78 is 1.92. The number of benzene rings is 1. The van der Waals surface area contributed by atoms with Crippen molar-refractivity contribution < 1.29 is 4.79 Å². The second-order valence-electron chi connectivity index (χ2n) is 6.45. The Hall–Kier alpha value is -2.68. The monoisotopic (exact) mass is 455 g/mol. The summed E-state index contributed by atoms with van der Waals surface area (Å²) >= 11 is 9.02. The summed E-state index contributed by atoms with van der Waals surface area (Å²) in [4.78, 5) is 17.7. The predicted molar refractivity (Wildman–Crippen MR) is 121 cm³/mol. The number of nitrogens with zero attached hydrogens (tertiary/aromatic N) is 4. The van der Waals surface area contributed by atoms with E-state index in [9.17, 15) is 4.79 Å². The number of thioether (sulfide) groups is 1. The first kappa shape index (κ1) is 20.6. The summed E-state index contributed by atoms with van der Waals surface area (Å²) in [6, 6.07) is 15.2. The van der Waals surface area contributed by atoms with Gasteiger partial charge in [0, 0.05) is 33.5 Å². The summed E-state index contributed by atoms with van der Waals surface area (Å²) in [6.07, 6.45) is 3.42. The number of pyridine rings is 1. The molecule has 1 atom stereocenters. The second kappa shape index (κ2) is 9.42. The average Bonchev–Trinajstić information content (AvgIpc) is 3.44. The summed E-state index contributed by atoms with van der Waals surface area (Å²) in [7, 11) is 0. The molecule has 0 bridgehead atoms. The van der Waals surface area contributed by atoms with Crippen LogP contribution in [0.25, 0.3) is 17.1 Å². The summed E-state index contributed by atoms with van der Waals surface area (Å²) in [5, 5.41) is 15.0. The molecular weight excluding hydrogens is 438 g/mol. The molecule has 3 aromatic heterocycles. The van der Waals surface area contributed by atoms with Crippen LogP contribution in [-0.4, -0.2) is 31.4 Å². The minimum absolute atomic E-state index is 0.0281. The molecule has 1 amide bonds. The highest BCUT2D eigenvalue weighted by Gasteiger charge is 2.18. The molecule has 0 saturated carbocycles. The molecule has 152 valence electrons. The van der Waals surface area contributed by atoms with Gasteiger partial charge in [-0.3, -0.25) is 14.3 Å². The zero-order chi connectivity index (χ0) is 20.9. The maximum atomic E-state index is 12.5. The van der Waals surface area contributed by atoms with Crippen molar-refractivity contribution in [2.75, 3.05) is 5.75 Å². The quantitative estimate of drug-likeness (QED) is 0.396. The van der Waals surface area contributed by atoms with Gasteiger partial charge in [0.15, 0.2) is 11.0 Å². The van der Waals surface area contributed by atoms with Gasteiger partial charge in [-0.25, -0.2) is 0 Å². The lowest BCUT2D eigenvalue weighted by atomic mass is 10.2. The van der Waals surface area contributed by atoms with Gasteiger partial charge in [-0.15, -0.1) is 21.5 Å². The number of hydrogen-bond donors (Lipinski definition) is 1. The van der Waals surface area contributed by atoms with Crippen LogP contribution < -0.4 is 5.32 Å². The Balaban J connectivity index is 1.56. The van der Waals surface area contributed by atoms with Gasteiger partial charge in [0.2, 0.25) is 5.91 Å². The molecule has 0 aliphatic carbocycles. The molecule has 1 N–H and O–H groups in total. The van der Waals surface area contributed by atoms with E-state index in [0.717, 1.165) is 16.1 Å². The first-order chi connectivity index (χ1) is 14.6. The predicted octanol–water partition coefficient (Wildman–Crippen LogP) is 5.01. The van der Waals surface area contributed by atoms with Crippen molar-refractivity contribution in [3.8, 4) is 17.1 Å². The summed E-state index contributed by atoms with van der Waals surface area (Å²) in [5.41, 5.74) is 1.75. The molecule has 30 heavy (non-hydrogen) atoms. The third-order valence-electron chi connectivity index (χ3n) is 4.34. The summed E-state index contributed by atoms with van der Waals surface area (Å²) in [6.45, 7) is 1.98. The van der Waals surface area contributed by atoms with Crippen LogP contribution in [0.4, 0.5) is 0 Å². The van der Waals surface area contributed by atoms with Crippen LogP contribution in [0.3, 0.4) is 0 Å². The Labute approximate surface area is 187 Å². The van der Waals surface area contributed by atoms with Gasteiger partial charge < -0.3 is 5.32 Å². The number of halogens is 1. The lowest BCUT2D eigenvalue weighted by molar-refractivity contribution is -0.119. The largest absolute Gasteiger partial charge is 0.348 e. The molecule has 4 rings (SSSR count). The van der Waals surface area contributed by atoms with E-state index in [-0.39, 0.29) is 17.7 Å². The Morgan fingerprint density at radius 3 is 2.63 bits per heavy atom. The maximum Gasteiger partial charge on any atom is 0.230 e. The first-order valence-electron chi connectivity index (χ1n) is 9.19. The minimum atomic E-state index is -0.0583. The Morgan fingerprint density at radius 1 is 1.17 bits per heavy atom. The molecule has 4 aromatic rings. The molecule has 0 fully saturated rings. The SMILES string of the molecule is C[C@H](NC(=O)CSc1nnc(-c2ccncc2)n1-c1ccc(Cl)cc1)c1cccs1. The number of rotatable bonds is 7. The zero-order valence-electron chi connectivity index (χ0n) is 16.0. The molecule has 0 radical (unpaired) electrons. The fourth-order valence-corrected chi connectivity index (χ4v) is 4.52. The van der Waals surface area contributed by atoms with E-state index >= 15 is 0 Å². The first-order valence-corrected chi connectivity index (χ1v) is 11.4. The molecule has 0 spiro atoms. The number of aromatic nitrogens is 4. The molecule has 1 aromatic carbocycles. The van der Waals surface area contributed by atoms with Gasteiger partial charge in [-0.2, -0.15) is 0 Å². The molecule has 0 aliphatic heterocycles. The Kier molecular flexibility index (Phi) is 6.47. The van der Waals surface area contributed by atoms with Gasteiger partial charge >= 0.3 is 0 Å². The lowest BCUT2D eigenvalue weighted by Crippen LogP contribution is -2.27. The highest BCUT2D eigenvalue weighted by atomic mass is 35.5. The molecule has 6 nitrogen and oxygen atoms in total.